The summed E-state index contributed by atoms with van der Waals surface area (Å²) in [6, 6.07) is 3.81. The van der Waals surface area contributed by atoms with Gasteiger partial charge in [0.05, 0.1) is 25.1 Å². The number of hydrogen-bond acceptors (Lipinski definition) is 5. The Morgan fingerprint density at radius 1 is 1.42 bits per heavy atom. The Morgan fingerprint density at radius 3 is 2.84 bits per heavy atom. The lowest BCUT2D eigenvalue weighted by Crippen LogP contribution is -2.36. The van der Waals surface area contributed by atoms with Gasteiger partial charge in [-0.2, -0.15) is 0 Å². The van der Waals surface area contributed by atoms with Crippen LogP contribution in [0.3, 0.4) is 0 Å². The lowest BCUT2D eigenvalue weighted by atomic mass is 10.3. The Morgan fingerprint density at radius 2 is 2.21 bits per heavy atom. The first kappa shape index (κ1) is 13.8. The van der Waals surface area contributed by atoms with Crippen LogP contribution in [0.2, 0.25) is 0 Å². The minimum absolute atomic E-state index is 0.00438. The second-order valence-corrected chi connectivity index (χ2v) is 4.41. The molecule has 1 aliphatic rings. The molecule has 2 rings (SSSR count). The fraction of sp³-hybridized carbons (Fsp3) is 0.538. The van der Waals surface area contributed by atoms with Crippen LogP contribution >= 0.6 is 0 Å². The maximum Gasteiger partial charge on any atom is 0.225 e. The molecule has 0 radical (unpaired) electrons. The van der Waals surface area contributed by atoms with Crippen molar-refractivity contribution < 1.29 is 9.53 Å². The summed E-state index contributed by atoms with van der Waals surface area (Å²) in [4.78, 5) is 18.1. The van der Waals surface area contributed by atoms with Crippen LogP contribution in [0, 0.1) is 0 Å². The largest absolute Gasteiger partial charge is 0.378 e. The molecule has 19 heavy (non-hydrogen) atoms. The Hall–Kier alpha value is -1.66. The average Bonchev–Trinajstić information content (AvgIpc) is 2.47. The molecule has 2 N–H and O–H groups in total. The van der Waals surface area contributed by atoms with E-state index in [1.54, 1.807) is 6.20 Å². The van der Waals surface area contributed by atoms with Crippen LogP contribution in [-0.4, -0.2) is 50.8 Å². The normalized spacial score (nSPS) is 15.3. The highest BCUT2D eigenvalue weighted by Crippen LogP contribution is 2.15. The molecule has 1 amide bonds. The maximum absolute atomic E-state index is 11.6. The first-order valence-corrected chi connectivity index (χ1v) is 6.53. The minimum atomic E-state index is -0.00438. The summed E-state index contributed by atoms with van der Waals surface area (Å²) < 4.78 is 5.30. The number of pyridine rings is 1. The van der Waals surface area contributed by atoms with E-state index in [-0.39, 0.29) is 5.91 Å². The Kier molecular flexibility index (Phi) is 5.11. The predicted octanol–water partition coefficient (Wildman–Crippen LogP) is 0.466. The number of hydrogen-bond donors (Lipinski definition) is 2. The van der Waals surface area contributed by atoms with E-state index in [4.69, 9.17) is 4.74 Å². The van der Waals surface area contributed by atoms with E-state index in [1.165, 1.54) is 0 Å². The smallest absolute Gasteiger partial charge is 0.225 e. The van der Waals surface area contributed by atoms with Gasteiger partial charge in [-0.3, -0.25) is 4.79 Å². The van der Waals surface area contributed by atoms with E-state index in [9.17, 15) is 4.79 Å². The predicted molar refractivity (Wildman–Crippen MR) is 74.4 cm³/mol. The van der Waals surface area contributed by atoms with E-state index in [1.807, 2.05) is 19.2 Å². The van der Waals surface area contributed by atoms with Gasteiger partial charge in [0, 0.05) is 26.1 Å². The van der Waals surface area contributed by atoms with Crippen molar-refractivity contribution in [2.24, 2.45) is 0 Å². The highest BCUT2D eigenvalue weighted by molar-refractivity contribution is 5.90. The number of carbonyl (C=O) groups is 1. The van der Waals surface area contributed by atoms with Gasteiger partial charge in [0.15, 0.2) is 0 Å². The van der Waals surface area contributed by atoms with Gasteiger partial charge < -0.3 is 20.3 Å². The van der Waals surface area contributed by atoms with Gasteiger partial charge in [-0.25, -0.2) is 4.98 Å². The first-order valence-electron chi connectivity index (χ1n) is 6.53. The third kappa shape index (κ3) is 4.18. The minimum Gasteiger partial charge on any atom is -0.378 e. The number of aromatic nitrogens is 1. The molecule has 0 aliphatic carbocycles. The lowest BCUT2D eigenvalue weighted by molar-refractivity contribution is -0.116. The third-order valence-corrected chi connectivity index (χ3v) is 2.97. The Balaban J connectivity index is 1.88. The van der Waals surface area contributed by atoms with E-state index in [0.29, 0.717) is 13.0 Å². The summed E-state index contributed by atoms with van der Waals surface area (Å²) in [6.07, 6.45) is 2.16. The first-order chi connectivity index (χ1) is 9.29. The number of ether oxygens (including phenoxy) is 1. The van der Waals surface area contributed by atoms with Crippen molar-refractivity contribution in [3.63, 3.8) is 0 Å². The highest BCUT2D eigenvalue weighted by Gasteiger charge is 2.12. The van der Waals surface area contributed by atoms with Gasteiger partial charge in [-0.05, 0) is 19.2 Å². The van der Waals surface area contributed by atoms with Gasteiger partial charge in [-0.1, -0.05) is 0 Å². The average molecular weight is 264 g/mol. The molecule has 0 unspecified atom stereocenters. The molecule has 6 heteroatoms. The highest BCUT2D eigenvalue weighted by atomic mass is 16.5. The van der Waals surface area contributed by atoms with E-state index in [2.05, 4.69) is 20.5 Å². The molecular weight excluding hydrogens is 244 g/mol. The molecule has 2 heterocycles. The molecule has 6 nitrogen and oxygen atoms in total. The van der Waals surface area contributed by atoms with Crippen molar-refractivity contribution in [3.05, 3.63) is 18.3 Å². The van der Waals surface area contributed by atoms with Gasteiger partial charge in [0.25, 0.3) is 0 Å². The fourth-order valence-corrected chi connectivity index (χ4v) is 1.90. The van der Waals surface area contributed by atoms with Crippen LogP contribution in [0.5, 0.6) is 0 Å². The summed E-state index contributed by atoms with van der Waals surface area (Å²) in [5, 5.41) is 5.76. The zero-order valence-corrected chi connectivity index (χ0v) is 11.2. The number of nitrogens with zero attached hydrogens (tertiary/aromatic N) is 2. The van der Waals surface area contributed by atoms with Crippen LogP contribution in [-0.2, 0) is 9.53 Å². The van der Waals surface area contributed by atoms with Crippen molar-refractivity contribution in [2.45, 2.75) is 6.42 Å². The Bertz CT molecular complexity index is 402. The molecular formula is C13H20N4O2. The lowest BCUT2D eigenvalue weighted by Gasteiger charge is -2.27. The zero-order chi connectivity index (χ0) is 13.5. The zero-order valence-electron chi connectivity index (χ0n) is 11.2. The number of carbonyl (C=O) groups excluding carboxylic acids is 1. The summed E-state index contributed by atoms with van der Waals surface area (Å²) >= 11 is 0. The monoisotopic (exact) mass is 264 g/mol. The molecule has 0 bridgehead atoms. The fourth-order valence-electron chi connectivity index (χ4n) is 1.90. The van der Waals surface area contributed by atoms with Crippen LogP contribution in [0.15, 0.2) is 18.3 Å². The second-order valence-electron chi connectivity index (χ2n) is 4.41. The topological polar surface area (TPSA) is 66.5 Å². The molecule has 0 spiro atoms. The second kappa shape index (κ2) is 7.06. The molecule has 0 atom stereocenters. The van der Waals surface area contributed by atoms with Gasteiger partial charge >= 0.3 is 0 Å². The van der Waals surface area contributed by atoms with Gasteiger partial charge in [0.2, 0.25) is 5.91 Å². The van der Waals surface area contributed by atoms with Crippen molar-refractivity contribution >= 4 is 17.4 Å². The summed E-state index contributed by atoms with van der Waals surface area (Å²) in [7, 11) is 1.83. The number of nitrogens with one attached hydrogen (secondary N) is 2. The van der Waals surface area contributed by atoms with Crippen molar-refractivity contribution in [1.82, 2.24) is 10.3 Å². The number of amides is 1. The molecule has 104 valence electrons. The molecule has 1 saturated heterocycles. The maximum atomic E-state index is 11.6. The standard InChI is InChI=1S/C13H20N4O2/c1-14-5-4-13(18)16-11-2-3-12(15-10-11)17-6-8-19-9-7-17/h2-3,10,14H,4-9H2,1H3,(H,16,18). The number of anilines is 2. The Labute approximate surface area is 113 Å². The molecule has 1 aromatic heterocycles. The van der Waals surface area contributed by atoms with Crippen molar-refractivity contribution in [3.8, 4) is 0 Å². The van der Waals surface area contributed by atoms with Gasteiger partial charge in [-0.15, -0.1) is 0 Å². The van der Waals surface area contributed by atoms with Crippen LogP contribution in [0.4, 0.5) is 11.5 Å². The summed E-state index contributed by atoms with van der Waals surface area (Å²) in [5.74, 6) is 0.923. The molecule has 0 saturated carbocycles. The van der Waals surface area contributed by atoms with E-state index >= 15 is 0 Å². The molecule has 0 aromatic carbocycles. The van der Waals surface area contributed by atoms with Crippen LogP contribution in [0.25, 0.3) is 0 Å². The summed E-state index contributed by atoms with van der Waals surface area (Å²) in [5.41, 5.74) is 0.734. The van der Waals surface area contributed by atoms with Crippen molar-refractivity contribution in [1.29, 1.82) is 0 Å². The number of rotatable bonds is 5. The number of morpholine rings is 1. The van der Waals surface area contributed by atoms with Gasteiger partial charge in [0.1, 0.15) is 5.82 Å². The quantitative estimate of drug-likeness (QED) is 0.809. The summed E-state index contributed by atoms with van der Waals surface area (Å²) in [6.45, 7) is 3.88. The third-order valence-electron chi connectivity index (χ3n) is 2.97. The van der Waals surface area contributed by atoms with Crippen LogP contribution < -0.4 is 15.5 Å². The molecule has 1 aliphatic heterocycles. The van der Waals surface area contributed by atoms with Crippen molar-refractivity contribution in [2.75, 3.05) is 50.1 Å². The van der Waals surface area contributed by atoms with E-state index < -0.39 is 0 Å². The van der Waals surface area contributed by atoms with Crippen LogP contribution in [0.1, 0.15) is 6.42 Å². The molecule has 1 aromatic rings. The molecule has 1 fully saturated rings. The SMILES string of the molecule is CNCCC(=O)Nc1ccc(N2CCOCC2)nc1. The van der Waals surface area contributed by atoms with E-state index in [0.717, 1.165) is 37.8 Å².